The summed E-state index contributed by atoms with van der Waals surface area (Å²) in [6.07, 6.45) is 1.03. The summed E-state index contributed by atoms with van der Waals surface area (Å²) >= 11 is 7.76. The van der Waals surface area contributed by atoms with Gasteiger partial charge in [0.15, 0.2) is 5.16 Å². The number of ether oxygens (including phenoxy) is 1. The molecule has 0 aliphatic carbocycles. The van der Waals surface area contributed by atoms with Crippen molar-refractivity contribution in [2.45, 2.75) is 24.3 Å². The quantitative estimate of drug-likeness (QED) is 0.215. The first-order chi connectivity index (χ1) is 17.5. The second-order valence-corrected chi connectivity index (χ2v) is 10.0. The maximum atomic E-state index is 13.1. The van der Waals surface area contributed by atoms with Gasteiger partial charge in [0.1, 0.15) is 16.7 Å². The Balaban J connectivity index is 1.30. The molecule has 4 rings (SSSR count). The molecule has 0 bridgehead atoms. The highest BCUT2D eigenvalue weighted by Gasteiger charge is 2.22. The van der Waals surface area contributed by atoms with Crippen molar-refractivity contribution >= 4 is 40.8 Å². The van der Waals surface area contributed by atoms with Crippen LogP contribution in [0, 0.1) is 0 Å². The second kappa shape index (κ2) is 12.3. The van der Waals surface area contributed by atoms with Gasteiger partial charge in [-0.3, -0.25) is 4.79 Å². The molecule has 1 amide bonds. The molecule has 2 aromatic carbocycles. The third-order valence-electron chi connectivity index (χ3n) is 6.18. The predicted octanol–water partition coefficient (Wildman–Crippen LogP) is 5.24. The molecule has 0 saturated carbocycles. The molecule has 1 fully saturated rings. The number of anilines is 2. The van der Waals surface area contributed by atoms with Crippen LogP contribution in [0.1, 0.15) is 29.3 Å². The van der Waals surface area contributed by atoms with Crippen LogP contribution in [-0.2, 0) is 5.75 Å². The van der Waals surface area contributed by atoms with Crippen molar-refractivity contribution in [2.75, 3.05) is 56.7 Å². The monoisotopic (exact) mass is 525 g/mol. The van der Waals surface area contributed by atoms with Crippen LogP contribution in [0.4, 0.5) is 11.5 Å². The summed E-state index contributed by atoms with van der Waals surface area (Å²) in [5.74, 6) is 2.45. The highest BCUT2D eigenvalue weighted by Crippen LogP contribution is 2.25. The van der Waals surface area contributed by atoms with Crippen molar-refractivity contribution in [1.82, 2.24) is 14.9 Å². The maximum absolute atomic E-state index is 13.1. The summed E-state index contributed by atoms with van der Waals surface area (Å²) in [4.78, 5) is 28.3. The summed E-state index contributed by atoms with van der Waals surface area (Å²) < 4.78 is 5.24. The molecule has 3 aromatic rings. The maximum Gasteiger partial charge on any atom is 0.253 e. The molecule has 0 spiro atoms. The zero-order chi connectivity index (χ0) is 25.5. The Morgan fingerprint density at radius 1 is 1.06 bits per heavy atom. The number of benzene rings is 2. The van der Waals surface area contributed by atoms with Crippen molar-refractivity contribution < 1.29 is 9.53 Å². The minimum absolute atomic E-state index is 0.0744. The van der Waals surface area contributed by atoms with E-state index in [4.69, 9.17) is 16.3 Å². The fourth-order valence-corrected chi connectivity index (χ4v) is 5.17. The number of amides is 1. The van der Waals surface area contributed by atoms with Crippen molar-refractivity contribution in [3.05, 3.63) is 70.9 Å². The molecule has 36 heavy (non-hydrogen) atoms. The highest BCUT2D eigenvalue weighted by atomic mass is 35.5. The third kappa shape index (κ3) is 6.62. The topological polar surface area (TPSA) is 61.8 Å². The van der Waals surface area contributed by atoms with Gasteiger partial charge in [-0.15, -0.1) is 0 Å². The lowest BCUT2D eigenvalue weighted by molar-refractivity contribution is 0.0747. The standard InChI is InChI=1S/C27H32ClN5O2S/c1-4-13-31(2)25-18-24(28)29-27(30-25)36-19-20-5-7-21(8-6-20)26(34)33-16-14-32(15-17-33)22-9-11-23(35-3)12-10-22/h5-12,18H,4,13-17,19H2,1-3H3. The number of nitrogens with zero attached hydrogens (tertiary/aromatic N) is 5. The molecule has 1 saturated heterocycles. The van der Waals surface area contributed by atoms with E-state index >= 15 is 0 Å². The number of carbonyl (C=O) groups excluding carboxylic acids is 1. The van der Waals surface area contributed by atoms with Gasteiger partial charge < -0.3 is 19.4 Å². The molecule has 0 unspecified atom stereocenters. The number of thioether (sulfide) groups is 1. The Bertz CT molecular complexity index is 1150. The smallest absolute Gasteiger partial charge is 0.253 e. The van der Waals surface area contributed by atoms with Gasteiger partial charge in [0.2, 0.25) is 0 Å². The molecule has 1 aliphatic rings. The van der Waals surface area contributed by atoms with Gasteiger partial charge in [-0.05, 0) is 48.4 Å². The lowest BCUT2D eigenvalue weighted by Crippen LogP contribution is -2.48. The fraction of sp³-hybridized carbons (Fsp3) is 0.370. The van der Waals surface area contributed by atoms with Gasteiger partial charge in [-0.1, -0.05) is 42.4 Å². The SMILES string of the molecule is CCCN(C)c1cc(Cl)nc(SCc2ccc(C(=O)N3CCN(c4ccc(OC)cc4)CC3)cc2)n1. The summed E-state index contributed by atoms with van der Waals surface area (Å²) in [6.45, 7) is 6.05. The molecule has 7 nitrogen and oxygen atoms in total. The van der Waals surface area contributed by atoms with Gasteiger partial charge >= 0.3 is 0 Å². The zero-order valence-electron chi connectivity index (χ0n) is 21.0. The van der Waals surface area contributed by atoms with Gasteiger partial charge in [0, 0.05) is 62.8 Å². The van der Waals surface area contributed by atoms with Crippen molar-refractivity contribution in [3.63, 3.8) is 0 Å². The van der Waals surface area contributed by atoms with E-state index < -0.39 is 0 Å². The van der Waals surface area contributed by atoms with Crippen LogP contribution in [0.2, 0.25) is 5.15 Å². The molecule has 190 valence electrons. The van der Waals surface area contributed by atoms with Crippen LogP contribution >= 0.6 is 23.4 Å². The first-order valence-electron chi connectivity index (χ1n) is 12.1. The molecule has 0 atom stereocenters. The van der Waals surface area contributed by atoms with E-state index in [1.54, 1.807) is 13.2 Å². The molecular weight excluding hydrogens is 494 g/mol. The first-order valence-corrected chi connectivity index (χ1v) is 13.5. The number of hydrogen-bond acceptors (Lipinski definition) is 7. The Morgan fingerprint density at radius 2 is 1.75 bits per heavy atom. The Hall–Kier alpha value is -2.97. The molecular formula is C27H32ClN5O2S. The van der Waals surface area contributed by atoms with Crippen LogP contribution in [0.5, 0.6) is 5.75 Å². The van der Waals surface area contributed by atoms with Crippen molar-refractivity contribution in [1.29, 1.82) is 0 Å². The van der Waals surface area contributed by atoms with Gasteiger partial charge in [0.05, 0.1) is 7.11 Å². The first kappa shape index (κ1) is 26.1. The van der Waals surface area contributed by atoms with Crippen LogP contribution in [0.25, 0.3) is 0 Å². The van der Waals surface area contributed by atoms with E-state index in [1.807, 2.05) is 48.3 Å². The molecule has 9 heteroatoms. The fourth-order valence-electron chi connectivity index (χ4n) is 4.13. The van der Waals surface area contributed by atoms with Gasteiger partial charge in [-0.2, -0.15) is 0 Å². The zero-order valence-corrected chi connectivity index (χ0v) is 22.6. The predicted molar refractivity (Wildman–Crippen MR) is 148 cm³/mol. The van der Waals surface area contributed by atoms with E-state index in [9.17, 15) is 4.79 Å². The second-order valence-electron chi connectivity index (χ2n) is 8.72. The minimum atomic E-state index is 0.0744. The summed E-state index contributed by atoms with van der Waals surface area (Å²) in [6, 6.07) is 17.7. The summed E-state index contributed by atoms with van der Waals surface area (Å²) in [5.41, 5.74) is 2.97. The number of methoxy groups -OCH3 is 1. The molecule has 0 N–H and O–H groups in total. The number of carbonyl (C=O) groups is 1. The summed E-state index contributed by atoms with van der Waals surface area (Å²) in [5, 5.41) is 1.09. The van der Waals surface area contributed by atoms with Crippen LogP contribution in [0.15, 0.2) is 59.8 Å². The van der Waals surface area contributed by atoms with Crippen LogP contribution < -0.4 is 14.5 Å². The van der Waals surface area contributed by atoms with Crippen molar-refractivity contribution in [3.8, 4) is 5.75 Å². The Morgan fingerprint density at radius 3 is 2.39 bits per heavy atom. The number of halogens is 1. The molecule has 1 aromatic heterocycles. The van der Waals surface area contributed by atoms with Crippen LogP contribution in [0.3, 0.4) is 0 Å². The third-order valence-corrected chi connectivity index (χ3v) is 7.30. The number of aromatic nitrogens is 2. The average molecular weight is 526 g/mol. The Kier molecular flexibility index (Phi) is 8.93. The van der Waals surface area contributed by atoms with E-state index in [-0.39, 0.29) is 5.91 Å². The Labute approximate surface area is 222 Å². The van der Waals surface area contributed by atoms with E-state index in [2.05, 4.69) is 38.8 Å². The molecule has 2 heterocycles. The lowest BCUT2D eigenvalue weighted by atomic mass is 10.1. The minimum Gasteiger partial charge on any atom is -0.497 e. The summed E-state index contributed by atoms with van der Waals surface area (Å²) in [7, 11) is 3.67. The number of hydrogen-bond donors (Lipinski definition) is 0. The largest absolute Gasteiger partial charge is 0.497 e. The molecule has 1 aliphatic heterocycles. The van der Waals surface area contributed by atoms with Gasteiger partial charge in [-0.25, -0.2) is 9.97 Å². The van der Waals surface area contributed by atoms with Crippen LogP contribution in [-0.4, -0.2) is 67.7 Å². The number of piperazine rings is 1. The molecule has 0 radical (unpaired) electrons. The average Bonchev–Trinajstić information content (AvgIpc) is 2.92. The number of rotatable bonds is 9. The van der Waals surface area contributed by atoms with Crippen molar-refractivity contribution in [2.24, 2.45) is 0 Å². The van der Waals surface area contributed by atoms with E-state index in [1.165, 1.54) is 11.8 Å². The highest BCUT2D eigenvalue weighted by molar-refractivity contribution is 7.98. The van der Waals surface area contributed by atoms with Gasteiger partial charge in [0.25, 0.3) is 5.91 Å². The van der Waals surface area contributed by atoms with E-state index in [0.717, 1.165) is 48.9 Å². The lowest BCUT2D eigenvalue weighted by Gasteiger charge is -2.36. The van der Waals surface area contributed by atoms with E-state index in [0.29, 0.717) is 34.7 Å². The normalized spacial score (nSPS) is 13.6.